The third kappa shape index (κ3) is 4.22. The molecule has 2 saturated heterocycles. The predicted molar refractivity (Wildman–Crippen MR) is 104 cm³/mol. The minimum Gasteiger partial charge on any atom is -0.472 e. The Morgan fingerprint density at radius 2 is 2.28 bits per heavy atom. The summed E-state index contributed by atoms with van der Waals surface area (Å²) in [5, 5.41) is 22.9. The molecule has 1 amide bonds. The molecule has 2 fully saturated rings. The number of hydrogen-bond donors (Lipinski definition) is 3. The summed E-state index contributed by atoms with van der Waals surface area (Å²) >= 11 is 0. The molecule has 4 rings (SSSR count). The molecule has 0 unspecified atom stereocenters. The van der Waals surface area contributed by atoms with Crippen LogP contribution in [-0.2, 0) is 11.3 Å². The van der Waals surface area contributed by atoms with E-state index in [2.05, 4.69) is 21.3 Å². The Morgan fingerprint density at radius 3 is 2.90 bits per heavy atom. The lowest BCUT2D eigenvalue weighted by molar-refractivity contribution is -0.186. The fourth-order valence-corrected chi connectivity index (χ4v) is 4.39. The first-order chi connectivity index (χ1) is 13.9. The summed E-state index contributed by atoms with van der Waals surface area (Å²) < 4.78 is 11.2. The van der Waals surface area contributed by atoms with E-state index in [0.29, 0.717) is 17.7 Å². The number of nitriles is 1. The molecule has 4 heterocycles. The molecule has 0 aliphatic carbocycles. The van der Waals surface area contributed by atoms with Crippen LogP contribution in [0.5, 0.6) is 0 Å². The van der Waals surface area contributed by atoms with E-state index in [1.807, 2.05) is 12.3 Å². The van der Waals surface area contributed by atoms with Gasteiger partial charge in [-0.25, -0.2) is 0 Å². The van der Waals surface area contributed by atoms with E-state index in [0.717, 1.165) is 38.0 Å². The van der Waals surface area contributed by atoms with Crippen LogP contribution in [0.25, 0.3) is 0 Å². The van der Waals surface area contributed by atoms with Crippen LogP contribution in [0.3, 0.4) is 0 Å². The number of H-pyrrole nitrogens is 1. The minimum atomic E-state index is -1.05. The Hall–Kier alpha value is -2.60. The Kier molecular flexibility index (Phi) is 5.21. The first-order valence-corrected chi connectivity index (χ1v) is 9.88. The fraction of sp³-hybridized carbons (Fsp3) is 0.524. The summed E-state index contributed by atoms with van der Waals surface area (Å²) in [5.74, 6) is -0.276. The number of aliphatic hydroxyl groups is 1. The highest BCUT2D eigenvalue weighted by molar-refractivity contribution is 5.94. The molecule has 8 heteroatoms. The van der Waals surface area contributed by atoms with Crippen molar-refractivity contribution in [2.75, 3.05) is 19.7 Å². The summed E-state index contributed by atoms with van der Waals surface area (Å²) in [7, 11) is 0. The van der Waals surface area contributed by atoms with E-state index in [9.17, 15) is 9.90 Å². The number of nitrogens with zero attached hydrogens (tertiary/aromatic N) is 2. The lowest BCUT2D eigenvalue weighted by Gasteiger charge is -2.51. The normalized spacial score (nSPS) is 26.9. The molecule has 1 spiro atoms. The van der Waals surface area contributed by atoms with Gasteiger partial charge in [0.05, 0.1) is 35.7 Å². The lowest BCUT2D eigenvalue weighted by Crippen LogP contribution is -2.63. The van der Waals surface area contributed by atoms with Gasteiger partial charge in [0.25, 0.3) is 5.91 Å². The van der Waals surface area contributed by atoms with Crippen LogP contribution in [-0.4, -0.2) is 57.8 Å². The van der Waals surface area contributed by atoms with Crippen LogP contribution in [0, 0.1) is 11.3 Å². The number of likely N-dealkylation sites (tertiary alicyclic amines) is 1. The zero-order valence-corrected chi connectivity index (χ0v) is 16.5. The van der Waals surface area contributed by atoms with Crippen molar-refractivity contribution in [3.63, 3.8) is 0 Å². The van der Waals surface area contributed by atoms with E-state index in [4.69, 9.17) is 14.4 Å². The number of amides is 1. The summed E-state index contributed by atoms with van der Waals surface area (Å²) in [5.41, 5.74) is 0.674. The van der Waals surface area contributed by atoms with Gasteiger partial charge < -0.3 is 24.6 Å². The molecule has 2 aromatic rings. The highest BCUT2D eigenvalue weighted by atomic mass is 16.5. The van der Waals surface area contributed by atoms with Crippen molar-refractivity contribution in [3.05, 3.63) is 47.7 Å². The number of ether oxygens (including phenoxy) is 1. The summed E-state index contributed by atoms with van der Waals surface area (Å²) in [6.45, 7) is 4.55. The van der Waals surface area contributed by atoms with Gasteiger partial charge in [0, 0.05) is 32.3 Å². The van der Waals surface area contributed by atoms with Crippen molar-refractivity contribution in [1.82, 2.24) is 15.2 Å². The zero-order valence-electron chi connectivity index (χ0n) is 16.5. The van der Waals surface area contributed by atoms with Gasteiger partial charge in [0.2, 0.25) is 0 Å². The Morgan fingerprint density at radius 1 is 1.48 bits per heavy atom. The fourth-order valence-electron chi connectivity index (χ4n) is 4.39. The Labute approximate surface area is 169 Å². The number of hydrogen-bond acceptors (Lipinski definition) is 6. The maximum Gasteiger partial charge on any atom is 0.254 e. The first kappa shape index (κ1) is 19.7. The van der Waals surface area contributed by atoms with Gasteiger partial charge >= 0.3 is 0 Å². The topological polar surface area (TPSA) is 115 Å². The van der Waals surface area contributed by atoms with Gasteiger partial charge in [0.15, 0.2) is 0 Å². The zero-order chi connectivity index (χ0) is 20.5. The molecule has 0 aromatic carbocycles. The second-order valence-corrected chi connectivity index (χ2v) is 8.38. The molecular weight excluding hydrogens is 372 g/mol. The SMILES string of the molecule is C[C@]1(O)CC2(CCN(Cc3c[nH]c(C#N)c3)CC2)OC[C@@H]1NC(=O)c1ccoc1. The molecule has 0 bridgehead atoms. The van der Waals surface area contributed by atoms with E-state index >= 15 is 0 Å². The van der Waals surface area contributed by atoms with Crippen molar-refractivity contribution >= 4 is 5.91 Å². The third-order valence-electron chi connectivity index (χ3n) is 6.11. The van der Waals surface area contributed by atoms with Crippen molar-refractivity contribution < 1.29 is 19.1 Å². The first-order valence-electron chi connectivity index (χ1n) is 9.88. The van der Waals surface area contributed by atoms with Crippen LogP contribution in [0.2, 0.25) is 0 Å². The molecule has 2 aliphatic heterocycles. The molecular formula is C21H26N4O4. The molecule has 2 aromatic heterocycles. The van der Waals surface area contributed by atoms with Gasteiger partial charge in [-0.2, -0.15) is 5.26 Å². The molecule has 8 nitrogen and oxygen atoms in total. The number of nitrogens with one attached hydrogen (secondary N) is 2. The number of aromatic nitrogens is 1. The number of carbonyl (C=O) groups excluding carboxylic acids is 1. The highest BCUT2D eigenvalue weighted by Gasteiger charge is 2.49. The predicted octanol–water partition coefficient (Wildman–Crippen LogP) is 1.78. The molecule has 154 valence electrons. The maximum atomic E-state index is 12.3. The van der Waals surface area contributed by atoms with Crippen LogP contribution in [0.15, 0.2) is 35.3 Å². The van der Waals surface area contributed by atoms with Crippen molar-refractivity contribution in [1.29, 1.82) is 5.26 Å². The minimum absolute atomic E-state index is 0.276. The van der Waals surface area contributed by atoms with Crippen molar-refractivity contribution in [2.45, 2.75) is 50.0 Å². The summed E-state index contributed by atoms with van der Waals surface area (Å²) in [6.07, 6.45) is 6.82. The van der Waals surface area contributed by atoms with E-state index in [1.54, 1.807) is 13.0 Å². The number of carbonyl (C=O) groups is 1. The average molecular weight is 398 g/mol. The monoisotopic (exact) mass is 398 g/mol. The van der Waals surface area contributed by atoms with Gasteiger partial charge in [-0.15, -0.1) is 0 Å². The molecule has 2 aliphatic rings. The molecule has 3 N–H and O–H groups in total. The second-order valence-electron chi connectivity index (χ2n) is 8.38. The van der Waals surface area contributed by atoms with Crippen LogP contribution < -0.4 is 5.32 Å². The van der Waals surface area contributed by atoms with Crippen LogP contribution in [0.4, 0.5) is 0 Å². The largest absolute Gasteiger partial charge is 0.472 e. The second kappa shape index (κ2) is 7.67. The van der Waals surface area contributed by atoms with Gasteiger partial charge in [-0.05, 0) is 37.5 Å². The summed E-state index contributed by atoms with van der Waals surface area (Å²) in [6, 6.07) is 5.10. The highest BCUT2D eigenvalue weighted by Crippen LogP contribution is 2.40. The number of aromatic amines is 1. The van der Waals surface area contributed by atoms with E-state index < -0.39 is 11.6 Å². The smallest absolute Gasteiger partial charge is 0.254 e. The lowest BCUT2D eigenvalue weighted by atomic mass is 9.75. The molecule has 0 saturated carbocycles. The van der Waals surface area contributed by atoms with Crippen molar-refractivity contribution in [3.8, 4) is 6.07 Å². The van der Waals surface area contributed by atoms with Gasteiger partial charge in [-0.3, -0.25) is 9.69 Å². The number of piperidine rings is 1. The summed E-state index contributed by atoms with van der Waals surface area (Å²) in [4.78, 5) is 17.6. The molecule has 2 atom stereocenters. The Balaban J connectivity index is 1.33. The standard InChI is InChI=1S/C21H26N4O4/c1-20(27)14-21(29-13-18(20)24-19(26)16-2-7-28-12-16)3-5-25(6-4-21)11-15-8-17(9-22)23-10-15/h2,7-8,10,12,18,23,27H,3-6,11,13-14H2,1H3,(H,24,26)/t18-,20-/m0/s1. The average Bonchev–Trinajstić information content (AvgIpc) is 3.38. The quantitative estimate of drug-likeness (QED) is 0.723. The van der Waals surface area contributed by atoms with Crippen molar-refractivity contribution in [2.24, 2.45) is 0 Å². The number of furan rings is 1. The Bertz CT molecular complexity index is 888. The van der Waals surface area contributed by atoms with E-state index in [-0.39, 0.29) is 18.1 Å². The maximum absolute atomic E-state index is 12.3. The van der Waals surface area contributed by atoms with E-state index in [1.165, 1.54) is 12.5 Å². The third-order valence-corrected chi connectivity index (χ3v) is 6.11. The molecule has 0 radical (unpaired) electrons. The van der Waals surface area contributed by atoms with Crippen LogP contribution >= 0.6 is 0 Å². The number of rotatable bonds is 4. The molecule has 29 heavy (non-hydrogen) atoms. The van der Waals surface area contributed by atoms with Gasteiger partial charge in [-0.1, -0.05) is 0 Å². The van der Waals surface area contributed by atoms with Crippen LogP contribution in [0.1, 0.15) is 47.8 Å². The van der Waals surface area contributed by atoms with Gasteiger partial charge in [0.1, 0.15) is 18.0 Å².